The topological polar surface area (TPSA) is 71.0 Å². The highest BCUT2D eigenvalue weighted by atomic mass is 35.5. The first-order valence-electron chi connectivity index (χ1n) is 10.4. The molecule has 0 spiro atoms. The summed E-state index contributed by atoms with van der Waals surface area (Å²) in [6, 6.07) is 19.9. The maximum absolute atomic E-state index is 13.3. The lowest BCUT2D eigenvalue weighted by atomic mass is 10.2. The minimum atomic E-state index is -0.690. The number of ether oxygens (including phenoxy) is 1. The number of carbonyl (C=O) groups excluding carboxylic acids is 2. The largest absolute Gasteiger partial charge is 0.497 e. The van der Waals surface area contributed by atoms with Gasteiger partial charge in [-0.25, -0.2) is 9.38 Å². The summed E-state index contributed by atoms with van der Waals surface area (Å²) in [5.74, 6) is -0.270. The lowest BCUT2D eigenvalue weighted by Gasteiger charge is -2.32. The smallest absolute Gasteiger partial charge is 0.238 e. The summed E-state index contributed by atoms with van der Waals surface area (Å²) in [5, 5.41) is 2.90. The number of hydrogen-bond acceptors (Lipinski definition) is 5. The fraction of sp³-hybridized carbons (Fsp3) is 0.160. The van der Waals surface area contributed by atoms with Crippen LogP contribution < -0.4 is 10.1 Å². The number of halogens is 2. The Morgan fingerprint density at radius 3 is 2.53 bits per heavy atom. The average molecular weight is 498 g/mol. The Hall–Kier alpha value is -3.36. The molecule has 4 rings (SSSR count). The van der Waals surface area contributed by atoms with Crippen molar-refractivity contribution in [1.82, 2.24) is 4.90 Å². The van der Waals surface area contributed by atoms with Crippen molar-refractivity contribution < 1.29 is 18.7 Å². The van der Waals surface area contributed by atoms with E-state index in [0.29, 0.717) is 27.3 Å². The van der Waals surface area contributed by atoms with Crippen molar-refractivity contribution in [3.05, 3.63) is 89.2 Å². The molecule has 1 heterocycles. The number of thioether (sulfide) groups is 1. The van der Waals surface area contributed by atoms with Gasteiger partial charge in [0, 0.05) is 6.42 Å². The van der Waals surface area contributed by atoms with Gasteiger partial charge in [0.1, 0.15) is 16.8 Å². The van der Waals surface area contributed by atoms with Crippen LogP contribution in [-0.4, -0.2) is 34.2 Å². The molecule has 0 bridgehead atoms. The van der Waals surface area contributed by atoms with Crippen molar-refractivity contribution in [2.45, 2.75) is 18.2 Å². The first-order chi connectivity index (χ1) is 16.4. The summed E-state index contributed by atoms with van der Waals surface area (Å²) in [4.78, 5) is 32.3. The fourth-order valence-corrected chi connectivity index (χ4v) is 4.59. The number of para-hydroxylation sites is 1. The minimum absolute atomic E-state index is 0.0101. The lowest BCUT2D eigenvalue weighted by molar-refractivity contribution is -0.129. The van der Waals surface area contributed by atoms with E-state index in [4.69, 9.17) is 16.3 Å². The monoisotopic (exact) mass is 497 g/mol. The van der Waals surface area contributed by atoms with Gasteiger partial charge in [-0.2, -0.15) is 0 Å². The number of amidine groups is 1. The van der Waals surface area contributed by atoms with Crippen LogP contribution in [0.2, 0.25) is 5.02 Å². The van der Waals surface area contributed by atoms with E-state index in [2.05, 4.69) is 10.3 Å². The van der Waals surface area contributed by atoms with Crippen LogP contribution in [0.1, 0.15) is 12.0 Å². The molecule has 9 heteroatoms. The molecule has 1 fully saturated rings. The molecule has 1 aliphatic heterocycles. The Morgan fingerprint density at radius 1 is 1.15 bits per heavy atom. The van der Waals surface area contributed by atoms with E-state index < -0.39 is 5.25 Å². The molecule has 0 aromatic heterocycles. The zero-order valence-electron chi connectivity index (χ0n) is 18.2. The SMILES string of the molecule is COc1ccc(N=C2S[C@H](C(=O)Nc3ccccc3Cl)CC(=O)N2Cc2ccc(F)cc2)cc1. The highest BCUT2D eigenvalue weighted by molar-refractivity contribution is 8.15. The number of rotatable bonds is 6. The Morgan fingerprint density at radius 2 is 1.85 bits per heavy atom. The van der Waals surface area contributed by atoms with Crippen molar-refractivity contribution in [3.63, 3.8) is 0 Å². The molecule has 2 amide bonds. The van der Waals surface area contributed by atoms with Crippen molar-refractivity contribution in [1.29, 1.82) is 0 Å². The number of carbonyl (C=O) groups is 2. The molecule has 0 unspecified atom stereocenters. The van der Waals surface area contributed by atoms with Gasteiger partial charge in [0.2, 0.25) is 11.8 Å². The summed E-state index contributed by atoms with van der Waals surface area (Å²) in [6.45, 7) is 0.208. The van der Waals surface area contributed by atoms with E-state index >= 15 is 0 Å². The van der Waals surface area contributed by atoms with Crippen LogP contribution in [0.25, 0.3) is 0 Å². The Labute approximate surface area is 205 Å². The van der Waals surface area contributed by atoms with Gasteiger partial charge in [0.05, 0.1) is 30.1 Å². The molecule has 1 saturated heterocycles. The first kappa shape index (κ1) is 23.8. The third kappa shape index (κ3) is 5.76. The molecule has 0 radical (unpaired) electrons. The van der Waals surface area contributed by atoms with Gasteiger partial charge in [-0.3, -0.25) is 14.5 Å². The van der Waals surface area contributed by atoms with Gasteiger partial charge in [-0.05, 0) is 54.1 Å². The maximum Gasteiger partial charge on any atom is 0.238 e. The summed E-state index contributed by atoms with van der Waals surface area (Å²) >= 11 is 7.36. The van der Waals surface area contributed by atoms with Crippen LogP contribution in [0, 0.1) is 5.82 Å². The normalized spacial score (nSPS) is 17.0. The van der Waals surface area contributed by atoms with Crippen molar-refractivity contribution in [2.75, 3.05) is 12.4 Å². The zero-order valence-corrected chi connectivity index (χ0v) is 19.8. The lowest BCUT2D eigenvalue weighted by Crippen LogP contribution is -2.44. The second-order valence-corrected chi connectivity index (χ2v) is 9.06. The van der Waals surface area contributed by atoms with Crippen LogP contribution >= 0.6 is 23.4 Å². The molecule has 0 aliphatic carbocycles. The van der Waals surface area contributed by atoms with E-state index in [1.807, 2.05) is 0 Å². The average Bonchev–Trinajstić information content (AvgIpc) is 2.84. The number of aliphatic imine (C=N–C) groups is 1. The number of amides is 2. The van der Waals surface area contributed by atoms with Gasteiger partial charge in [0.25, 0.3) is 0 Å². The molecule has 174 valence electrons. The zero-order chi connectivity index (χ0) is 24.1. The van der Waals surface area contributed by atoms with E-state index in [1.54, 1.807) is 67.8 Å². The second kappa shape index (κ2) is 10.7. The highest BCUT2D eigenvalue weighted by Crippen LogP contribution is 2.32. The van der Waals surface area contributed by atoms with Crippen molar-refractivity contribution >= 4 is 51.7 Å². The molecule has 0 saturated carbocycles. The molecule has 1 N–H and O–H groups in total. The van der Waals surface area contributed by atoms with Gasteiger partial charge >= 0.3 is 0 Å². The molecular weight excluding hydrogens is 477 g/mol. The molecule has 3 aromatic rings. The van der Waals surface area contributed by atoms with E-state index in [1.165, 1.54) is 28.8 Å². The van der Waals surface area contributed by atoms with Gasteiger partial charge in [-0.1, -0.05) is 47.6 Å². The summed E-state index contributed by atoms with van der Waals surface area (Å²) in [6.07, 6.45) is -0.0101. The first-order valence-corrected chi connectivity index (χ1v) is 11.7. The predicted molar refractivity (Wildman–Crippen MR) is 133 cm³/mol. The molecule has 3 aromatic carbocycles. The number of nitrogens with zero attached hydrogens (tertiary/aromatic N) is 2. The van der Waals surface area contributed by atoms with Crippen LogP contribution in [0.4, 0.5) is 15.8 Å². The molecule has 1 atom stereocenters. The van der Waals surface area contributed by atoms with Gasteiger partial charge in [0.15, 0.2) is 5.17 Å². The summed E-state index contributed by atoms with van der Waals surface area (Å²) in [7, 11) is 1.57. The highest BCUT2D eigenvalue weighted by Gasteiger charge is 2.36. The van der Waals surface area contributed by atoms with E-state index in [-0.39, 0.29) is 30.6 Å². The maximum atomic E-state index is 13.3. The summed E-state index contributed by atoms with van der Waals surface area (Å²) < 4.78 is 18.5. The van der Waals surface area contributed by atoms with Crippen LogP contribution in [0.5, 0.6) is 5.75 Å². The third-order valence-electron chi connectivity index (χ3n) is 5.11. The molecule has 6 nitrogen and oxygen atoms in total. The van der Waals surface area contributed by atoms with Gasteiger partial charge in [-0.15, -0.1) is 0 Å². The van der Waals surface area contributed by atoms with E-state index in [0.717, 1.165) is 5.56 Å². The quantitative estimate of drug-likeness (QED) is 0.478. The summed E-state index contributed by atoms with van der Waals surface area (Å²) in [5.41, 5.74) is 1.83. The Balaban J connectivity index is 1.61. The standard InChI is InChI=1S/C25H21ClFN3O3S/c1-33-19-12-10-18(11-13-19)28-25-30(15-16-6-8-17(27)9-7-16)23(31)14-22(34-25)24(32)29-21-5-3-2-4-20(21)26/h2-13,22H,14-15H2,1H3,(H,29,32)/t22-/m0/s1. The van der Waals surface area contributed by atoms with Crippen LogP contribution in [0.15, 0.2) is 77.8 Å². The Bertz CT molecular complexity index is 1220. The van der Waals surface area contributed by atoms with Crippen LogP contribution in [-0.2, 0) is 16.1 Å². The van der Waals surface area contributed by atoms with Crippen LogP contribution in [0.3, 0.4) is 0 Å². The minimum Gasteiger partial charge on any atom is -0.497 e. The van der Waals surface area contributed by atoms with Crippen molar-refractivity contribution in [2.24, 2.45) is 4.99 Å². The second-order valence-electron chi connectivity index (χ2n) is 7.48. The number of benzene rings is 3. The van der Waals surface area contributed by atoms with E-state index in [9.17, 15) is 14.0 Å². The van der Waals surface area contributed by atoms with Gasteiger partial charge < -0.3 is 10.1 Å². The third-order valence-corrected chi connectivity index (χ3v) is 6.63. The number of hydrogen-bond donors (Lipinski definition) is 1. The molecule has 34 heavy (non-hydrogen) atoms. The molecular formula is C25H21ClFN3O3S. The number of nitrogens with one attached hydrogen (secondary N) is 1. The fourth-order valence-electron chi connectivity index (χ4n) is 3.31. The number of methoxy groups -OCH3 is 1. The molecule has 1 aliphatic rings. The predicted octanol–water partition coefficient (Wildman–Crippen LogP) is 5.65. The Kier molecular flexibility index (Phi) is 7.49. The van der Waals surface area contributed by atoms with Crippen molar-refractivity contribution in [3.8, 4) is 5.75 Å². The number of anilines is 1.